The number of aromatic amines is 1. The van der Waals surface area contributed by atoms with Crippen LogP contribution in [0.1, 0.15) is 11.3 Å². The van der Waals surface area contributed by atoms with E-state index in [1.165, 1.54) is 17.0 Å². The Hall–Kier alpha value is -2.48. The van der Waals surface area contributed by atoms with Crippen molar-refractivity contribution < 1.29 is 4.42 Å². The zero-order valence-corrected chi connectivity index (χ0v) is 8.27. The number of hydrogen-bond donors (Lipinski definition) is 1. The van der Waals surface area contributed by atoms with Crippen LogP contribution in [0.3, 0.4) is 0 Å². The first-order valence-corrected chi connectivity index (χ1v) is 4.53. The van der Waals surface area contributed by atoms with Gasteiger partial charge in [-0.2, -0.15) is 0 Å². The van der Waals surface area contributed by atoms with Gasteiger partial charge in [0.1, 0.15) is 11.3 Å². The molecule has 0 unspecified atom stereocenters. The van der Waals surface area contributed by atoms with Gasteiger partial charge in [0.2, 0.25) is 0 Å². The van der Waals surface area contributed by atoms with Gasteiger partial charge in [0.15, 0.2) is 0 Å². The molecule has 0 aliphatic carbocycles. The standard InChI is InChI=1S/C11H8N2O3/c1-2-8-6-13(11(15)12-10(8)14)7-9-4-3-5-16-9/h1,3-6H,7H2,(H,12,14,15). The Morgan fingerprint density at radius 3 is 2.94 bits per heavy atom. The van der Waals surface area contributed by atoms with Crippen molar-refractivity contribution in [2.45, 2.75) is 6.54 Å². The third kappa shape index (κ3) is 1.81. The maximum atomic E-state index is 11.4. The molecule has 5 heteroatoms. The van der Waals surface area contributed by atoms with Crippen LogP contribution in [-0.4, -0.2) is 9.55 Å². The van der Waals surface area contributed by atoms with Crippen molar-refractivity contribution in [2.75, 3.05) is 0 Å². The second-order valence-corrected chi connectivity index (χ2v) is 3.15. The van der Waals surface area contributed by atoms with E-state index in [9.17, 15) is 9.59 Å². The van der Waals surface area contributed by atoms with Crippen molar-refractivity contribution in [3.63, 3.8) is 0 Å². The molecule has 0 aliphatic heterocycles. The highest BCUT2D eigenvalue weighted by Gasteiger charge is 2.04. The van der Waals surface area contributed by atoms with Crippen LogP contribution < -0.4 is 11.2 Å². The number of hydrogen-bond acceptors (Lipinski definition) is 3. The molecule has 0 spiro atoms. The van der Waals surface area contributed by atoms with E-state index in [4.69, 9.17) is 10.8 Å². The molecule has 0 bridgehead atoms. The van der Waals surface area contributed by atoms with Crippen molar-refractivity contribution in [3.05, 3.63) is 56.8 Å². The van der Waals surface area contributed by atoms with Crippen LogP contribution >= 0.6 is 0 Å². The lowest BCUT2D eigenvalue weighted by Gasteiger charge is -2.02. The molecule has 2 heterocycles. The van der Waals surface area contributed by atoms with E-state index < -0.39 is 11.2 Å². The number of aromatic nitrogens is 2. The van der Waals surface area contributed by atoms with Crippen molar-refractivity contribution in [1.82, 2.24) is 9.55 Å². The van der Waals surface area contributed by atoms with Gasteiger partial charge in [-0.25, -0.2) is 4.79 Å². The van der Waals surface area contributed by atoms with Gasteiger partial charge in [-0.05, 0) is 12.1 Å². The van der Waals surface area contributed by atoms with Crippen LogP contribution in [0.2, 0.25) is 0 Å². The molecule has 0 aliphatic rings. The molecule has 0 saturated heterocycles. The molecule has 16 heavy (non-hydrogen) atoms. The summed E-state index contributed by atoms with van der Waals surface area (Å²) in [5.74, 6) is 2.82. The van der Waals surface area contributed by atoms with E-state index >= 15 is 0 Å². The van der Waals surface area contributed by atoms with Crippen molar-refractivity contribution in [2.24, 2.45) is 0 Å². The molecule has 2 rings (SSSR count). The molecule has 0 fully saturated rings. The second-order valence-electron chi connectivity index (χ2n) is 3.15. The lowest BCUT2D eigenvalue weighted by atomic mass is 10.3. The topological polar surface area (TPSA) is 68.0 Å². The minimum absolute atomic E-state index is 0.117. The first-order valence-electron chi connectivity index (χ1n) is 4.53. The Bertz CT molecular complexity index is 641. The van der Waals surface area contributed by atoms with E-state index in [0.717, 1.165) is 0 Å². The highest BCUT2D eigenvalue weighted by molar-refractivity contribution is 5.26. The normalized spacial score (nSPS) is 9.94. The first kappa shape index (κ1) is 10.1. The zero-order valence-electron chi connectivity index (χ0n) is 8.27. The summed E-state index contributed by atoms with van der Waals surface area (Å²) >= 11 is 0. The molecule has 0 saturated carbocycles. The summed E-state index contributed by atoms with van der Waals surface area (Å²) in [6.07, 6.45) is 7.98. The third-order valence-corrected chi connectivity index (χ3v) is 2.07. The highest BCUT2D eigenvalue weighted by Crippen LogP contribution is 2.01. The molecular formula is C11H8N2O3. The van der Waals surface area contributed by atoms with Crippen LogP contribution in [0.4, 0.5) is 0 Å². The van der Waals surface area contributed by atoms with Gasteiger partial charge in [0.25, 0.3) is 5.56 Å². The van der Waals surface area contributed by atoms with Crippen molar-refractivity contribution in [1.29, 1.82) is 0 Å². The third-order valence-electron chi connectivity index (χ3n) is 2.07. The smallest absolute Gasteiger partial charge is 0.328 e. The molecular weight excluding hydrogens is 208 g/mol. The largest absolute Gasteiger partial charge is 0.467 e. The molecule has 5 nitrogen and oxygen atoms in total. The number of rotatable bonds is 2. The molecule has 2 aromatic heterocycles. The van der Waals surface area contributed by atoms with Crippen LogP contribution in [0.15, 0.2) is 38.6 Å². The molecule has 80 valence electrons. The van der Waals surface area contributed by atoms with Crippen molar-refractivity contribution in [3.8, 4) is 12.3 Å². The lowest BCUT2D eigenvalue weighted by molar-refractivity contribution is 0.486. The van der Waals surface area contributed by atoms with E-state index in [1.54, 1.807) is 12.1 Å². The van der Waals surface area contributed by atoms with Crippen LogP contribution in [-0.2, 0) is 6.54 Å². The summed E-state index contributed by atoms with van der Waals surface area (Å²) in [5, 5.41) is 0. The summed E-state index contributed by atoms with van der Waals surface area (Å²) in [7, 11) is 0. The summed E-state index contributed by atoms with van der Waals surface area (Å²) in [5.41, 5.74) is -0.949. The van der Waals surface area contributed by atoms with E-state index in [2.05, 4.69) is 10.9 Å². The summed E-state index contributed by atoms with van der Waals surface area (Å²) in [4.78, 5) is 24.8. The van der Waals surface area contributed by atoms with Crippen LogP contribution in [0, 0.1) is 12.3 Å². The summed E-state index contributed by atoms with van der Waals surface area (Å²) < 4.78 is 6.38. The average Bonchev–Trinajstić information content (AvgIpc) is 2.75. The molecule has 1 N–H and O–H groups in total. The van der Waals surface area contributed by atoms with Gasteiger partial charge >= 0.3 is 5.69 Å². The highest BCUT2D eigenvalue weighted by atomic mass is 16.3. The number of terminal acetylenes is 1. The van der Waals surface area contributed by atoms with Gasteiger partial charge in [-0.15, -0.1) is 6.42 Å². The summed E-state index contributed by atoms with van der Waals surface area (Å²) in [6.45, 7) is 0.233. The Kier molecular flexibility index (Phi) is 2.48. The Labute approximate surface area is 90.3 Å². The number of H-pyrrole nitrogens is 1. The van der Waals surface area contributed by atoms with Gasteiger partial charge in [0.05, 0.1) is 12.8 Å². The zero-order chi connectivity index (χ0) is 11.5. The number of nitrogens with zero attached hydrogens (tertiary/aromatic N) is 1. The molecule has 0 amide bonds. The van der Waals surface area contributed by atoms with Crippen LogP contribution in [0.5, 0.6) is 0 Å². The minimum Gasteiger partial charge on any atom is -0.467 e. The minimum atomic E-state index is -0.553. The Balaban J connectivity index is 2.46. The fourth-order valence-corrected chi connectivity index (χ4v) is 1.30. The monoisotopic (exact) mass is 216 g/mol. The molecule has 0 aromatic carbocycles. The maximum Gasteiger partial charge on any atom is 0.328 e. The van der Waals surface area contributed by atoms with Crippen LogP contribution in [0.25, 0.3) is 0 Å². The first-order chi connectivity index (χ1) is 7.70. The fraction of sp³-hybridized carbons (Fsp3) is 0.0909. The molecule has 0 radical (unpaired) electrons. The molecule has 2 aromatic rings. The van der Waals surface area contributed by atoms with E-state index in [-0.39, 0.29) is 12.1 Å². The Morgan fingerprint density at radius 2 is 2.31 bits per heavy atom. The van der Waals surface area contributed by atoms with Gasteiger partial charge in [-0.3, -0.25) is 14.3 Å². The van der Waals surface area contributed by atoms with Gasteiger partial charge in [0, 0.05) is 6.20 Å². The summed E-state index contributed by atoms with van der Waals surface area (Å²) in [6, 6.07) is 3.45. The fourth-order valence-electron chi connectivity index (χ4n) is 1.30. The quantitative estimate of drug-likeness (QED) is 0.727. The van der Waals surface area contributed by atoms with Crippen molar-refractivity contribution >= 4 is 0 Å². The lowest BCUT2D eigenvalue weighted by Crippen LogP contribution is -2.31. The maximum absolute atomic E-state index is 11.4. The predicted octanol–water partition coefficient (Wildman–Crippen LogP) is 0.159. The Morgan fingerprint density at radius 1 is 1.50 bits per heavy atom. The van der Waals surface area contributed by atoms with Gasteiger partial charge < -0.3 is 4.42 Å². The van der Waals surface area contributed by atoms with E-state index in [1.807, 2.05) is 0 Å². The predicted molar refractivity (Wildman–Crippen MR) is 57.1 cm³/mol. The number of nitrogens with one attached hydrogen (secondary N) is 1. The average molecular weight is 216 g/mol. The second kappa shape index (κ2) is 3.95. The van der Waals surface area contributed by atoms with E-state index in [0.29, 0.717) is 5.76 Å². The number of furan rings is 1. The SMILES string of the molecule is C#Cc1cn(Cc2ccco2)c(=O)[nH]c1=O. The van der Waals surface area contributed by atoms with Gasteiger partial charge in [-0.1, -0.05) is 5.92 Å². The molecule has 0 atom stereocenters.